The number of hydrogen-bond donors (Lipinski definition) is 1. The maximum absolute atomic E-state index is 12.8. The van der Waals surface area contributed by atoms with Crippen LogP contribution < -0.4 is 0 Å². The molecule has 2 aromatic rings. The Labute approximate surface area is 140 Å². The van der Waals surface area contributed by atoms with Crippen LogP contribution in [0.1, 0.15) is 36.7 Å². The van der Waals surface area contributed by atoms with Crippen LogP contribution in [0.25, 0.3) is 11.0 Å². The van der Waals surface area contributed by atoms with Gasteiger partial charge in [0.05, 0.1) is 16.4 Å². The maximum Gasteiger partial charge on any atom is 0.270 e. The van der Waals surface area contributed by atoms with E-state index in [-0.39, 0.29) is 17.2 Å². The zero-order valence-electron chi connectivity index (χ0n) is 13.9. The van der Waals surface area contributed by atoms with Gasteiger partial charge in [-0.3, -0.25) is 14.6 Å². The Bertz CT molecular complexity index is 766. The molecule has 126 valence electrons. The number of carbonyl (C=O) groups excluding carboxylic acids is 2. The van der Waals surface area contributed by atoms with Gasteiger partial charge in [0.2, 0.25) is 5.91 Å². The van der Waals surface area contributed by atoms with Crippen LogP contribution in [0.3, 0.4) is 0 Å². The minimum Gasteiger partial charge on any atom is -0.349 e. The molecule has 0 saturated carbocycles. The van der Waals surface area contributed by atoms with E-state index in [1.165, 1.54) is 0 Å². The van der Waals surface area contributed by atoms with Crippen LogP contribution in [-0.4, -0.2) is 57.8 Å². The molecule has 0 bridgehead atoms. The van der Waals surface area contributed by atoms with Gasteiger partial charge in [-0.25, -0.2) is 0 Å². The van der Waals surface area contributed by atoms with Crippen molar-refractivity contribution in [2.75, 3.05) is 26.2 Å². The van der Waals surface area contributed by atoms with Crippen LogP contribution in [0.5, 0.6) is 0 Å². The first-order valence-corrected chi connectivity index (χ1v) is 8.65. The fourth-order valence-corrected chi connectivity index (χ4v) is 4.04. The van der Waals surface area contributed by atoms with Crippen LogP contribution in [0, 0.1) is 5.41 Å². The molecule has 6 heteroatoms. The summed E-state index contributed by atoms with van der Waals surface area (Å²) in [7, 11) is 0. The highest BCUT2D eigenvalue weighted by molar-refractivity contribution is 5.98. The number of aromatic nitrogens is 2. The zero-order valence-corrected chi connectivity index (χ0v) is 13.9. The molecule has 1 spiro atoms. The summed E-state index contributed by atoms with van der Waals surface area (Å²) in [5.41, 5.74) is 1.85. The number of hydrogen-bond acceptors (Lipinski definition) is 3. The average Bonchev–Trinajstić information content (AvgIpc) is 3.28. The van der Waals surface area contributed by atoms with Gasteiger partial charge in [0, 0.05) is 32.4 Å². The largest absolute Gasteiger partial charge is 0.349 e. The van der Waals surface area contributed by atoms with Crippen molar-refractivity contribution in [3.8, 4) is 0 Å². The highest BCUT2D eigenvalue weighted by Gasteiger charge is 2.51. The van der Waals surface area contributed by atoms with Crippen molar-refractivity contribution in [1.82, 2.24) is 19.8 Å². The molecular formula is C18H22N4O2. The van der Waals surface area contributed by atoms with E-state index < -0.39 is 0 Å². The summed E-state index contributed by atoms with van der Waals surface area (Å²) < 4.78 is 0. The van der Waals surface area contributed by atoms with Crippen molar-refractivity contribution in [2.24, 2.45) is 5.41 Å². The van der Waals surface area contributed by atoms with Gasteiger partial charge in [0.1, 0.15) is 5.69 Å². The van der Waals surface area contributed by atoms with Crippen LogP contribution >= 0.6 is 0 Å². The lowest BCUT2D eigenvalue weighted by Gasteiger charge is -2.23. The number of rotatable bonds is 3. The Hall–Kier alpha value is -2.37. The normalized spacial score (nSPS) is 23.8. The summed E-state index contributed by atoms with van der Waals surface area (Å²) in [5, 5.41) is 0. The van der Waals surface area contributed by atoms with Crippen molar-refractivity contribution < 1.29 is 9.59 Å². The molecule has 0 aliphatic carbocycles. The van der Waals surface area contributed by atoms with Crippen LogP contribution in [0.4, 0.5) is 0 Å². The lowest BCUT2D eigenvalue weighted by Crippen LogP contribution is -2.38. The molecule has 6 nitrogen and oxygen atoms in total. The highest BCUT2D eigenvalue weighted by Crippen LogP contribution is 2.41. The third-order valence-corrected chi connectivity index (χ3v) is 5.36. The predicted molar refractivity (Wildman–Crippen MR) is 90.5 cm³/mol. The third kappa shape index (κ3) is 2.28. The fourth-order valence-electron chi connectivity index (χ4n) is 4.04. The molecule has 0 aromatic carbocycles. The van der Waals surface area contributed by atoms with Gasteiger partial charge in [-0.05, 0) is 37.5 Å². The minimum atomic E-state index is -0.352. The molecule has 0 radical (unpaired) electrons. The van der Waals surface area contributed by atoms with E-state index in [0.717, 1.165) is 43.4 Å². The van der Waals surface area contributed by atoms with E-state index >= 15 is 0 Å². The van der Waals surface area contributed by atoms with E-state index in [1.54, 1.807) is 12.3 Å². The first-order valence-electron chi connectivity index (χ1n) is 8.65. The Morgan fingerprint density at radius 1 is 1.38 bits per heavy atom. The second kappa shape index (κ2) is 5.61. The van der Waals surface area contributed by atoms with Gasteiger partial charge in [-0.15, -0.1) is 0 Å². The van der Waals surface area contributed by atoms with E-state index in [1.807, 2.05) is 21.9 Å². The van der Waals surface area contributed by atoms with Crippen molar-refractivity contribution in [3.05, 3.63) is 30.1 Å². The van der Waals surface area contributed by atoms with Gasteiger partial charge in [-0.2, -0.15) is 0 Å². The molecule has 2 aliphatic rings. The zero-order chi connectivity index (χ0) is 16.7. The lowest BCUT2D eigenvalue weighted by atomic mass is 9.85. The topological polar surface area (TPSA) is 69.3 Å². The summed E-state index contributed by atoms with van der Waals surface area (Å²) >= 11 is 0. The molecule has 2 aliphatic heterocycles. The molecule has 2 saturated heterocycles. The summed E-state index contributed by atoms with van der Waals surface area (Å²) in [5.74, 6) is 0.199. The monoisotopic (exact) mass is 326 g/mol. The van der Waals surface area contributed by atoms with Crippen molar-refractivity contribution in [1.29, 1.82) is 0 Å². The van der Waals surface area contributed by atoms with Gasteiger partial charge in [0.25, 0.3) is 5.91 Å². The fraction of sp³-hybridized carbons (Fsp3) is 0.500. The van der Waals surface area contributed by atoms with E-state index in [0.29, 0.717) is 18.8 Å². The van der Waals surface area contributed by atoms with Gasteiger partial charge in [0.15, 0.2) is 0 Å². The Kier molecular flexibility index (Phi) is 3.55. The number of likely N-dealkylation sites (tertiary alicyclic amines) is 2. The Morgan fingerprint density at radius 2 is 2.21 bits per heavy atom. The summed E-state index contributed by atoms with van der Waals surface area (Å²) in [6.07, 6.45) is 4.33. The minimum absolute atomic E-state index is 0.0355. The number of pyridine rings is 1. The van der Waals surface area contributed by atoms with E-state index in [4.69, 9.17) is 0 Å². The summed E-state index contributed by atoms with van der Waals surface area (Å²) in [4.78, 5) is 36.7. The molecule has 2 aromatic heterocycles. The van der Waals surface area contributed by atoms with Gasteiger partial charge in [-0.1, -0.05) is 6.92 Å². The Morgan fingerprint density at radius 3 is 3.00 bits per heavy atom. The van der Waals surface area contributed by atoms with Crippen LogP contribution in [0.2, 0.25) is 0 Å². The summed E-state index contributed by atoms with van der Waals surface area (Å²) in [6.45, 7) is 4.92. The molecule has 1 atom stereocenters. The average molecular weight is 326 g/mol. The Balaban J connectivity index is 1.52. The molecule has 1 unspecified atom stereocenters. The second-order valence-electron chi connectivity index (χ2n) is 6.92. The number of nitrogens with one attached hydrogen (secondary N) is 1. The first-order chi connectivity index (χ1) is 11.6. The highest BCUT2D eigenvalue weighted by atomic mass is 16.2. The summed E-state index contributed by atoms with van der Waals surface area (Å²) in [6, 6.07) is 5.55. The van der Waals surface area contributed by atoms with Crippen molar-refractivity contribution >= 4 is 22.8 Å². The van der Waals surface area contributed by atoms with Gasteiger partial charge < -0.3 is 14.8 Å². The predicted octanol–water partition coefficient (Wildman–Crippen LogP) is 2.04. The molecule has 1 N–H and O–H groups in total. The van der Waals surface area contributed by atoms with Crippen LogP contribution in [-0.2, 0) is 4.79 Å². The quantitative estimate of drug-likeness (QED) is 0.938. The standard InChI is InChI=1S/C18H22N4O2/c1-2-8-21-9-5-18(17(21)24)6-10-22(12-18)16(23)15-11-14-13(20-15)4-3-7-19-14/h3-4,7,11,20H,2,5-6,8-10,12H2,1H3. The molecule has 4 rings (SSSR count). The molecule has 2 amide bonds. The number of H-pyrrole nitrogens is 1. The smallest absolute Gasteiger partial charge is 0.270 e. The number of carbonyl (C=O) groups is 2. The molecule has 2 fully saturated rings. The number of nitrogens with zero attached hydrogens (tertiary/aromatic N) is 3. The molecule has 4 heterocycles. The lowest BCUT2D eigenvalue weighted by molar-refractivity contribution is -0.135. The van der Waals surface area contributed by atoms with Crippen LogP contribution in [0.15, 0.2) is 24.4 Å². The number of amides is 2. The second-order valence-corrected chi connectivity index (χ2v) is 6.92. The number of aromatic amines is 1. The maximum atomic E-state index is 12.8. The van der Waals surface area contributed by atoms with E-state index in [9.17, 15) is 9.59 Å². The van der Waals surface area contributed by atoms with Crippen molar-refractivity contribution in [2.45, 2.75) is 26.2 Å². The van der Waals surface area contributed by atoms with E-state index in [2.05, 4.69) is 16.9 Å². The van der Waals surface area contributed by atoms with Crippen molar-refractivity contribution in [3.63, 3.8) is 0 Å². The molecule has 24 heavy (non-hydrogen) atoms. The number of fused-ring (bicyclic) bond motifs is 1. The SMILES string of the molecule is CCCN1CCC2(CCN(C(=O)c3cc4ncccc4[nH]3)C2)C1=O. The third-order valence-electron chi connectivity index (χ3n) is 5.36. The molecular weight excluding hydrogens is 304 g/mol. The van der Waals surface area contributed by atoms with Gasteiger partial charge >= 0.3 is 0 Å². The first kappa shape index (κ1) is 15.2.